The molecule has 0 unspecified atom stereocenters. The lowest BCUT2D eigenvalue weighted by atomic mass is 10.0. The lowest BCUT2D eigenvalue weighted by Gasteiger charge is -2.38. The molecule has 2 heterocycles. The van der Waals surface area contributed by atoms with Crippen LogP contribution in [0.3, 0.4) is 0 Å². The zero-order valence-electron chi connectivity index (χ0n) is 8.24. The topological polar surface area (TPSA) is 33.2 Å². The van der Waals surface area contributed by atoms with E-state index >= 15 is 0 Å². The molecule has 16 heavy (non-hydrogen) atoms. The van der Waals surface area contributed by atoms with Crippen LogP contribution in [-0.4, -0.2) is 24.4 Å². The highest BCUT2D eigenvalue weighted by atomic mass is 19.4. The van der Waals surface area contributed by atoms with Crippen molar-refractivity contribution in [3.63, 3.8) is 0 Å². The Morgan fingerprint density at radius 2 is 2.12 bits per heavy atom. The monoisotopic (exact) mass is 230 g/mol. The molecule has 0 amide bonds. The van der Waals surface area contributed by atoms with E-state index in [0.29, 0.717) is 13.1 Å². The fourth-order valence-corrected chi connectivity index (χ4v) is 1.67. The second-order valence-electron chi connectivity index (χ2n) is 3.67. The smallest absolute Gasteiger partial charge is 0.368 e. The van der Waals surface area contributed by atoms with E-state index < -0.39 is 11.9 Å². The van der Waals surface area contributed by atoms with Crippen molar-refractivity contribution < 1.29 is 18.0 Å². The fourth-order valence-electron chi connectivity index (χ4n) is 1.67. The van der Waals surface area contributed by atoms with E-state index in [4.69, 9.17) is 0 Å². The molecule has 0 aromatic carbocycles. The van der Waals surface area contributed by atoms with Crippen molar-refractivity contribution in [1.29, 1.82) is 0 Å². The van der Waals surface area contributed by atoms with Gasteiger partial charge in [-0.05, 0) is 12.1 Å². The predicted molar refractivity (Wildman–Crippen MR) is 51.0 cm³/mol. The highest BCUT2D eigenvalue weighted by Gasteiger charge is 2.39. The Hall–Kier alpha value is -1.59. The number of anilines is 1. The standard InChI is InChI=1S/C10H9F3N2O/c11-10(12,13)9-8(2-1-3-14-9)15-4-7(5-15)6-16/h1-3,6-7H,4-5H2. The van der Waals surface area contributed by atoms with Crippen LogP contribution in [0.4, 0.5) is 18.9 Å². The molecule has 86 valence electrons. The van der Waals surface area contributed by atoms with Gasteiger partial charge in [-0.1, -0.05) is 0 Å². The molecule has 3 nitrogen and oxygen atoms in total. The van der Waals surface area contributed by atoms with Crippen LogP contribution < -0.4 is 4.90 Å². The number of hydrogen-bond acceptors (Lipinski definition) is 3. The predicted octanol–water partition coefficient (Wildman–Crippen LogP) is 1.74. The van der Waals surface area contributed by atoms with Gasteiger partial charge in [-0.3, -0.25) is 0 Å². The summed E-state index contributed by atoms with van der Waals surface area (Å²) in [5.74, 6) is -0.165. The van der Waals surface area contributed by atoms with Crippen LogP contribution in [0.2, 0.25) is 0 Å². The molecule has 0 radical (unpaired) electrons. The molecule has 0 spiro atoms. The van der Waals surface area contributed by atoms with Gasteiger partial charge in [0.25, 0.3) is 0 Å². The molecule has 1 aliphatic rings. The number of aromatic nitrogens is 1. The summed E-state index contributed by atoms with van der Waals surface area (Å²) in [7, 11) is 0. The second-order valence-corrected chi connectivity index (χ2v) is 3.67. The number of aldehydes is 1. The highest BCUT2D eigenvalue weighted by molar-refractivity contribution is 5.63. The molecule has 6 heteroatoms. The van der Waals surface area contributed by atoms with Crippen molar-refractivity contribution in [2.75, 3.05) is 18.0 Å². The molecule has 1 aromatic heterocycles. The molecule has 1 aromatic rings. The van der Waals surface area contributed by atoms with E-state index in [9.17, 15) is 18.0 Å². The van der Waals surface area contributed by atoms with Gasteiger partial charge in [-0.15, -0.1) is 0 Å². The molecule has 1 saturated heterocycles. The van der Waals surface area contributed by atoms with Crippen LogP contribution in [0.25, 0.3) is 0 Å². The Morgan fingerprint density at radius 1 is 1.44 bits per heavy atom. The zero-order valence-corrected chi connectivity index (χ0v) is 8.24. The molecule has 0 saturated carbocycles. The van der Waals surface area contributed by atoms with Crippen LogP contribution in [0.15, 0.2) is 18.3 Å². The number of nitrogens with zero attached hydrogens (tertiary/aromatic N) is 2. The molecule has 0 bridgehead atoms. The summed E-state index contributed by atoms with van der Waals surface area (Å²) in [6.07, 6.45) is -2.58. The third kappa shape index (κ3) is 1.87. The maximum atomic E-state index is 12.6. The number of halogens is 3. The number of carbonyl (C=O) groups is 1. The number of pyridine rings is 1. The van der Waals surface area contributed by atoms with Crippen molar-refractivity contribution in [3.8, 4) is 0 Å². The maximum absolute atomic E-state index is 12.6. The summed E-state index contributed by atoms with van der Waals surface area (Å²) in [4.78, 5) is 15.2. The lowest BCUT2D eigenvalue weighted by molar-refractivity contribution is -0.140. The molecular weight excluding hydrogens is 221 g/mol. The molecular formula is C10H9F3N2O. The number of hydrogen-bond donors (Lipinski definition) is 0. The summed E-state index contributed by atoms with van der Waals surface area (Å²) in [5.41, 5.74) is -0.840. The molecule has 1 fully saturated rings. The minimum Gasteiger partial charge on any atom is -0.368 e. The Balaban J connectivity index is 2.25. The molecule has 2 rings (SSSR count). The van der Waals surface area contributed by atoms with Crippen molar-refractivity contribution in [3.05, 3.63) is 24.0 Å². The normalized spacial score (nSPS) is 17.1. The van der Waals surface area contributed by atoms with Gasteiger partial charge in [0.15, 0.2) is 5.69 Å². The van der Waals surface area contributed by atoms with Gasteiger partial charge >= 0.3 is 6.18 Å². The van der Waals surface area contributed by atoms with Gasteiger partial charge in [0, 0.05) is 25.2 Å². The van der Waals surface area contributed by atoms with Crippen LogP contribution in [0, 0.1) is 5.92 Å². The van der Waals surface area contributed by atoms with Crippen molar-refractivity contribution in [2.24, 2.45) is 5.92 Å². The van der Waals surface area contributed by atoms with Crippen LogP contribution in [-0.2, 0) is 11.0 Å². The van der Waals surface area contributed by atoms with Gasteiger partial charge < -0.3 is 9.69 Å². The largest absolute Gasteiger partial charge is 0.435 e. The highest BCUT2D eigenvalue weighted by Crippen LogP contribution is 2.36. The second kappa shape index (κ2) is 3.77. The SMILES string of the molecule is O=CC1CN(c2cccnc2C(F)(F)F)C1. The average Bonchev–Trinajstić information content (AvgIpc) is 2.15. The molecule has 0 atom stereocenters. The van der Waals surface area contributed by atoms with Gasteiger partial charge in [-0.25, -0.2) is 4.98 Å². The van der Waals surface area contributed by atoms with Gasteiger partial charge in [0.2, 0.25) is 0 Å². The minimum atomic E-state index is -4.46. The molecule has 0 N–H and O–H groups in total. The first-order chi connectivity index (χ1) is 7.52. The van der Waals surface area contributed by atoms with Gasteiger partial charge in [0.1, 0.15) is 6.29 Å². The molecule has 0 aliphatic carbocycles. The summed E-state index contributed by atoms with van der Waals surface area (Å²) >= 11 is 0. The first-order valence-electron chi connectivity index (χ1n) is 4.75. The first-order valence-corrected chi connectivity index (χ1v) is 4.75. The summed E-state index contributed by atoms with van der Waals surface area (Å²) in [6.45, 7) is 0.663. The van der Waals surface area contributed by atoms with Crippen molar-refractivity contribution >= 4 is 12.0 Å². The Morgan fingerprint density at radius 3 is 2.69 bits per heavy atom. The van der Waals surface area contributed by atoms with E-state index in [1.807, 2.05) is 0 Å². The number of alkyl halides is 3. The van der Waals surface area contributed by atoms with Gasteiger partial charge in [0.05, 0.1) is 5.69 Å². The number of rotatable bonds is 2. The fraction of sp³-hybridized carbons (Fsp3) is 0.400. The minimum absolute atomic E-state index is 0.0492. The summed E-state index contributed by atoms with van der Waals surface area (Å²) in [5, 5.41) is 0. The van der Waals surface area contributed by atoms with Gasteiger partial charge in [-0.2, -0.15) is 13.2 Å². The third-order valence-electron chi connectivity index (χ3n) is 2.50. The third-order valence-corrected chi connectivity index (χ3v) is 2.50. The van der Waals surface area contributed by atoms with E-state index in [0.717, 1.165) is 12.5 Å². The maximum Gasteiger partial charge on any atom is 0.435 e. The Bertz CT molecular complexity index is 399. The van der Waals surface area contributed by atoms with Crippen LogP contribution in [0.5, 0.6) is 0 Å². The van der Waals surface area contributed by atoms with Crippen LogP contribution >= 0.6 is 0 Å². The van der Waals surface area contributed by atoms with Crippen LogP contribution in [0.1, 0.15) is 5.69 Å². The molecule has 1 aliphatic heterocycles. The van der Waals surface area contributed by atoms with E-state index in [-0.39, 0.29) is 11.6 Å². The van der Waals surface area contributed by atoms with E-state index in [2.05, 4.69) is 4.98 Å². The Labute approximate surface area is 89.9 Å². The summed E-state index contributed by atoms with van der Waals surface area (Å²) < 4.78 is 37.8. The quantitative estimate of drug-likeness (QED) is 0.725. The van der Waals surface area contributed by atoms with Crippen molar-refractivity contribution in [2.45, 2.75) is 6.18 Å². The summed E-state index contributed by atoms with van der Waals surface area (Å²) in [6, 6.07) is 2.83. The first kappa shape index (κ1) is 10.9. The number of carbonyl (C=O) groups excluding carboxylic acids is 1. The van der Waals surface area contributed by atoms with Crippen molar-refractivity contribution in [1.82, 2.24) is 4.98 Å². The lowest BCUT2D eigenvalue weighted by Crippen LogP contribution is -2.48. The zero-order chi connectivity index (χ0) is 11.8. The Kier molecular flexibility index (Phi) is 2.57. The average molecular weight is 230 g/mol. The van der Waals surface area contributed by atoms with E-state index in [1.54, 1.807) is 0 Å². The van der Waals surface area contributed by atoms with E-state index in [1.165, 1.54) is 17.0 Å².